The predicted octanol–water partition coefficient (Wildman–Crippen LogP) is 3.81. The molecule has 1 amide bonds. The summed E-state index contributed by atoms with van der Waals surface area (Å²) in [4.78, 5) is 17.5. The van der Waals surface area contributed by atoms with Crippen molar-refractivity contribution in [3.05, 3.63) is 29.0 Å². The number of carbonyl (C=O) groups excluding carboxylic acids is 1. The van der Waals surface area contributed by atoms with Gasteiger partial charge in [-0.25, -0.2) is 4.98 Å². The van der Waals surface area contributed by atoms with Gasteiger partial charge in [-0.2, -0.15) is 0 Å². The summed E-state index contributed by atoms with van der Waals surface area (Å²) in [6.07, 6.45) is 2.47. The number of aryl methyl sites for hydroxylation is 1. The van der Waals surface area contributed by atoms with Crippen LogP contribution in [-0.2, 0) is 11.2 Å². The van der Waals surface area contributed by atoms with E-state index >= 15 is 0 Å². The van der Waals surface area contributed by atoms with Crippen LogP contribution in [0.1, 0.15) is 38.1 Å². The van der Waals surface area contributed by atoms with E-state index < -0.39 is 0 Å². The molecule has 0 unspecified atom stereocenters. The Balaban J connectivity index is 1.91. The Kier molecular flexibility index (Phi) is 5.56. The molecule has 0 bridgehead atoms. The van der Waals surface area contributed by atoms with Crippen LogP contribution in [0.2, 0.25) is 0 Å². The van der Waals surface area contributed by atoms with E-state index in [4.69, 9.17) is 4.42 Å². The van der Waals surface area contributed by atoms with Crippen molar-refractivity contribution in [1.82, 2.24) is 10.3 Å². The first-order valence-corrected chi connectivity index (χ1v) is 8.31. The van der Waals surface area contributed by atoms with Crippen LogP contribution in [-0.4, -0.2) is 17.4 Å². The van der Waals surface area contributed by atoms with Crippen molar-refractivity contribution in [3.63, 3.8) is 0 Å². The summed E-state index contributed by atoms with van der Waals surface area (Å²) in [6, 6.07) is 3.98. The van der Waals surface area contributed by atoms with Crippen LogP contribution >= 0.6 is 11.3 Å². The highest BCUT2D eigenvalue weighted by Crippen LogP contribution is 2.25. The lowest BCUT2D eigenvalue weighted by atomic mass is 10.0. The van der Waals surface area contributed by atoms with Gasteiger partial charge < -0.3 is 9.73 Å². The second-order valence-corrected chi connectivity index (χ2v) is 6.00. The first-order valence-electron chi connectivity index (χ1n) is 7.43. The number of thiophene rings is 1. The Hall–Kier alpha value is -1.62. The summed E-state index contributed by atoms with van der Waals surface area (Å²) in [5.74, 6) is 1.75. The molecule has 1 N–H and O–H groups in total. The van der Waals surface area contributed by atoms with E-state index in [1.54, 1.807) is 11.3 Å². The van der Waals surface area contributed by atoms with Crippen molar-refractivity contribution in [1.29, 1.82) is 0 Å². The molecule has 0 aromatic carbocycles. The van der Waals surface area contributed by atoms with E-state index in [9.17, 15) is 4.79 Å². The number of nitrogens with one attached hydrogen (secondary N) is 1. The van der Waals surface area contributed by atoms with Gasteiger partial charge in [0.2, 0.25) is 11.8 Å². The number of rotatable bonds is 7. The van der Waals surface area contributed by atoms with Gasteiger partial charge in [0.1, 0.15) is 5.76 Å². The summed E-state index contributed by atoms with van der Waals surface area (Å²) in [5.41, 5.74) is 0.920. The zero-order chi connectivity index (χ0) is 15.2. The number of hydrogen-bond donors (Lipinski definition) is 1. The maximum Gasteiger partial charge on any atom is 0.236 e. The third-order valence-electron chi connectivity index (χ3n) is 3.64. The molecule has 0 fully saturated rings. The number of oxazole rings is 1. The normalized spacial score (nSPS) is 11.0. The number of hydrogen-bond acceptors (Lipinski definition) is 4. The van der Waals surface area contributed by atoms with E-state index in [0.717, 1.165) is 29.2 Å². The predicted molar refractivity (Wildman–Crippen MR) is 85.3 cm³/mol. The Morgan fingerprint density at radius 2 is 2.19 bits per heavy atom. The summed E-state index contributed by atoms with van der Waals surface area (Å²) in [6.45, 7) is 6.61. The summed E-state index contributed by atoms with van der Waals surface area (Å²) in [7, 11) is 0. The topological polar surface area (TPSA) is 55.1 Å². The smallest absolute Gasteiger partial charge is 0.236 e. The van der Waals surface area contributed by atoms with Crippen molar-refractivity contribution in [2.24, 2.45) is 5.92 Å². The van der Waals surface area contributed by atoms with Gasteiger partial charge in [-0.15, -0.1) is 11.3 Å². The van der Waals surface area contributed by atoms with Crippen molar-refractivity contribution < 1.29 is 9.21 Å². The van der Waals surface area contributed by atoms with Gasteiger partial charge in [-0.05, 0) is 31.2 Å². The van der Waals surface area contributed by atoms with Crippen molar-refractivity contribution in [2.75, 3.05) is 6.54 Å². The van der Waals surface area contributed by atoms with Crippen molar-refractivity contribution in [2.45, 2.75) is 40.0 Å². The lowest BCUT2D eigenvalue weighted by Gasteiger charge is -2.12. The first-order chi connectivity index (χ1) is 10.2. The highest BCUT2D eigenvalue weighted by atomic mass is 32.1. The van der Waals surface area contributed by atoms with E-state index in [2.05, 4.69) is 10.3 Å². The van der Waals surface area contributed by atoms with Crippen LogP contribution in [0.15, 0.2) is 21.9 Å². The summed E-state index contributed by atoms with van der Waals surface area (Å²) in [5, 5.41) is 4.99. The standard InChI is InChI=1S/C16H22N2O2S/c1-4-12(5-2)15(19)17-9-8-13-11(3)20-16(18-13)14-7-6-10-21-14/h6-7,10,12H,4-5,8-9H2,1-3H3,(H,17,19). The molecule has 0 aliphatic carbocycles. The maximum atomic E-state index is 11.9. The Morgan fingerprint density at radius 3 is 2.81 bits per heavy atom. The second-order valence-electron chi connectivity index (χ2n) is 5.05. The fourth-order valence-electron chi connectivity index (χ4n) is 2.27. The molecule has 2 heterocycles. The molecule has 2 rings (SSSR count). The van der Waals surface area contributed by atoms with Crippen LogP contribution in [0.3, 0.4) is 0 Å². The van der Waals surface area contributed by atoms with Crippen molar-refractivity contribution in [3.8, 4) is 10.8 Å². The zero-order valence-corrected chi connectivity index (χ0v) is 13.6. The molecule has 0 atom stereocenters. The van der Waals surface area contributed by atoms with Crippen LogP contribution in [0.5, 0.6) is 0 Å². The van der Waals surface area contributed by atoms with Crippen LogP contribution in [0, 0.1) is 12.8 Å². The zero-order valence-electron chi connectivity index (χ0n) is 12.8. The molecule has 5 heteroatoms. The number of nitrogens with zero attached hydrogens (tertiary/aromatic N) is 1. The van der Waals surface area contributed by atoms with Gasteiger partial charge in [0.15, 0.2) is 0 Å². The Labute approximate surface area is 129 Å². The van der Waals surface area contributed by atoms with Gasteiger partial charge in [0, 0.05) is 18.9 Å². The minimum Gasteiger partial charge on any atom is -0.440 e. The molecule has 0 aliphatic heterocycles. The molecule has 0 saturated carbocycles. The molecule has 4 nitrogen and oxygen atoms in total. The highest BCUT2D eigenvalue weighted by molar-refractivity contribution is 7.13. The first kappa shape index (κ1) is 15.8. The number of aromatic nitrogens is 1. The van der Waals surface area contributed by atoms with E-state index in [1.165, 1.54) is 0 Å². The molecule has 2 aromatic rings. The SMILES string of the molecule is CCC(CC)C(=O)NCCc1nc(-c2cccs2)oc1C. The summed E-state index contributed by atoms with van der Waals surface area (Å²) < 4.78 is 5.69. The number of amides is 1. The third kappa shape index (κ3) is 3.94. The minimum atomic E-state index is 0.116. The molecule has 21 heavy (non-hydrogen) atoms. The van der Waals surface area contributed by atoms with Gasteiger partial charge in [0.05, 0.1) is 10.6 Å². The minimum absolute atomic E-state index is 0.116. The quantitative estimate of drug-likeness (QED) is 0.846. The average molecular weight is 306 g/mol. The van der Waals surface area contributed by atoms with E-state index in [-0.39, 0.29) is 11.8 Å². The molecule has 114 valence electrons. The van der Waals surface area contributed by atoms with Crippen LogP contribution < -0.4 is 5.32 Å². The largest absolute Gasteiger partial charge is 0.440 e. The Morgan fingerprint density at radius 1 is 1.43 bits per heavy atom. The molecular weight excluding hydrogens is 284 g/mol. The molecule has 0 spiro atoms. The van der Waals surface area contributed by atoms with Gasteiger partial charge in [-0.3, -0.25) is 4.79 Å². The maximum absolute atomic E-state index is 11.9. The van der Waals surface area contributed by atoms with Crippen LogP contribution in [0.25, 0.3) is 10.8 Å². The summed E-state index contributed by atoms with van der Waals surface area (Å²) >= 11 is 1.61. The molecule has 0 saturated heterocycles. The lowest BCUT2D eigenvalue weighted by Crippen LogP contribution is -2.31. The van der Waals surface area contributed by atoms with E-state index in [0.29, 0.717) is 18.9 Å². The van der Waals surface area contributed by atoms with Gasteiger partial charge in [-0.1, -0.05) is 19.9 Å². The lowest BCUT2D eigenvalue weighted by molar-refractivity contribution is -0.125. The Bertz CT molecular complexity index is 571. The van der Waals surface area contributed by atoms with Gasteiger partial charge >= 0.3 is 0 Å². The fourth-order valence-corrected chi connectivity index (χ4v) is 2.92. The molecule has 2 aromatic heterocycles. The van der Waals surface area contributed by atoms with Crippen molar-refractivity contribution >= 4 is 17.2 Å². The highest BCUT2D eigenvalue weighted by Gasteiger charge is 2.15. The van der Waals surface area contributed by atoms with E-state index in [1.807, 2.05) is 38.3 Å². The molecule has 0 aliphatic rings. The fraction of sp³-hybridized carbons (Fsp3) is 0.500. The second kappa shape index (κ2) is 7.41. The van der Waals surface area contributed by atoms with Gasteiger partial charge in [0.25, 0.3) is 0 Å². The average Bonchev–Trinajstić information content (AvgIpc) is 3.10. The third-order valence-corrected chi connectivity index (χ3v) is 4.50. The number of carbonyl (C=O) groups is 1. The molecule has 0 radical (unpaired) electrons. The van der Waals surface area contributed by atoms with Crippen LogP contribution in [0.4, 0.5) is 0 Å². The molecular formula is C16H22N2O2S. The monoisotopic (exact) mass is 306 g/mol.